The van der Waals surface area contributed by atoms with Gasteiger partial charge in [0, 0.05) is 18.0 Å². The highest BCUT2D eigenvalue weighted by molar-refractivity contribution is 7.09. The van der Waals surface area contributed by atoms with E-state index in [4.69, 9.17) is 4.74 Å². The molecule has 5 nitrogen and oxygen atoms in total. The van der Waals surface area contributed by atoms with E-state index in [0.717, 1.165) is 12.8 Å². The molecule has 1 aromatic heterocycles. The van der Waals surface area contributed by atoms with Gasteiger partial charge >= 0.3 is 6.09 Å². The molecule has 0 spiro atoms. The fourth-order valence-electron chi connectivity index (χ4n) is 2.46. The molecule has 1 aromatic rings. The van der Waals surface area contributed by atoms with Crippen LogP contribution in [0.1, 0.15) is 38.5 Å². The van der Waals surface area contributed by atoms with Crippen molar-refractivity contribution in [1.29, 1.82) is 0 Å². The van der Waals surface area contributed by atoms with Crippen molar-refractivity contribution in [1.82, 2.24) is 10.2 Å². The Morgan fingerprint density at radius 3 is 2.86 bits per heavy atom. The van der Waals surface area contributed by atoms with Crippen molar-refractivity contribution in [2.75, 3.05) is 13.1 Å². The van der Waals surface area contributed by atoms with E-state index in [9.17, 15) is 9.59 Å². The van der Waals surface area contributed by atoms with Gasteiger partial charge in [0.2, 0.25) is 5.91 Å². The number of amides is 2. The zero-order valence-electron chi connectivity index (χ0n) is 13.4. The maximum atomic E-state index is 12.3. The fraction of sp³-hybridized carbons (Fsp3) is 0.625. The van der Waals surface area contributed by atoms with E-state index < -0.39 is 17.7 Å². The Bertz CT molecular complexity index is 508. The van der Waals surface area contributed by atoms with E-state index in [0.29, 0.717) is 19.5 Å². The number of nitrogens with one attached hydrogen (secondary N) is 1. The van der Waals surface area contributed by atoms with Gasteiger partial charge in [-0.25, -0.2) is 4.79 Å². The molecule has 22 heavy (non-hydrogen) atoms. The number of hydrogen-bond acceptors (Lipinski definition) is 4. The first-order valence-corrected chi connectivity index (χ1v) is 8.54. The highest BCUT2D eigenvalue weighted by Crippen LogP contribution is 2.21. The van der Waals surface area contributed by atoms with Crippen LogP contribution in [-0.2, 0) is 16.0 Å². The van der Waals surface area contributed by atoms with Gasteiger partial charge in [0.05, 0.1) is 0 Å². The zero-order chi connectivity index (χ0) is 16.2. The van der Waals surface area contributed by atoms with E-state index in [2.05, 4.69) is 11.4 Å². The molecule has 1 aliphatic heterocycles. The first-order chi connectivity index (χ1) is 10.4. The van der Waals surface area contributed by atoms with Crippen molar-refractivity contribution in [3.63, 3.8) is 0 Å². The quantitative estimate of drug-likeness (QED) is 0.926. The van der Waals surface area contributed by atoms with Gasteiger partial charge in [-0.3, -0.25) is 9.69 Å². The summed E-state index contributed by atoms with van der Waals surface area (Å²) in [5.74, 6) is -0.0834. The van der Waals surface area contributed by atoms with Gasteiger partial charge in [-0.1, -0.05) is 6.07 Å². The van der Waals surface area contributed by atoms with Crippen LogP contribution < -0.4 is 5.32 Å². The van der Waals surface area contributed by atoms with Crippen molar-refractivity contribution >= 4 is 23.3 Å². The van der Waals surface area contributed by atoms with Crippen LogP contribution in [0.25, 0.3) is 0 Å². The molecule has 1 N–H and O–H groups in total. The molecule has 1 aliphatic rings. The number of likely N-dealkylation sites (tertiary alicyclic amines) is 1. The maximum Gasteiger partial charge on any atom is 0.410 e. The molecule has 1 unspecified atom stereocenters. The third-order valence-corrected chi connectivity index (χ3v) is 4.37. The minimum atomic E-state index is -0.542. The van der Waals surface area contributed by atoms with Crippen LogP contribution in [0, 0.1) is 0 Å². The van der Waals surface area contributed by atoms with Crippen LogP contribution in [0.3, 0.4) is 0 Å². The minimum absolute atomic E-state index is 0.0834. The molecular formula is C16H24N2O3S. The molecule has 122 valence electrons. The van der Waals surface area contributed by atoms with E-state index in [1.54, 1.807) is 16.2 Å². The third-order valence-electron chi connectivity index (χ3n) is 3.43. The summed E-state index contributed by atoms with van der Waals surface area (Å²) in [5.41, 5.74) is -0.542. The highest BCUT2D eigenvalue weighted by Gasteiger charge is 2.36. The number of carbonyl (C=O) groups is 2. The molecule has 2 amide bonds. The van der Waals surface area contributed by atoms with Crippen LogP contribution in [0.2, 0.25) is 0 Å². The standard InChI is InChI=1S/C16H24N2O3S/c1-16(2,3)21-15(20)18-10-4-7-13(18)14(19)17-9-8-12-6-5-11-22-12/h5-6,11,13H,4,7-10H2,1-3H3,(H,17,19). The Labute approximate surface area is 135 Å². The van der Waals surface area contributed by atoms with Crippen molar-refractivity contribution in [2.45, 2.75) is 51.7 Å². The van der Waals surface area contributed by atoms with E-state index in [1.807, 2.05) is 32.2 Å². The number of carbonyl (C=O) groups excluding carboxylic acids is 2. The molecule has 0 bridgehead atoms. The Hall–Kier alpha value is -1.56. The average molecular weight is 324 g/mol. The summed E-state index contributed by atoms with van der Waals surface area (Å²) in [6.45, 7) is 6.67. The van der Waals surface area contributed by atoms with Gasteiger partial charge < -0.3 is 10.1 Å². The summed E-state index contributed by atoms with van der Waals surface area (Å²) in [6.07, 6.45) is 1.96. The van der Waals surface area contributed by atoms with Gasteiger partial charge in [-0.15, -0.1) is 11.3 Å². The van der Waals surface area contributed by atoms with E-state index >= 15 is 0 Å². The van der Waals surface area contributed by atoms with Gasteiger partial charge in [0.25, 0.3) is 0 Å². The molecule has 0 saturated carbocycles. The molecule has 2 heterocycles. The van der Waals surface area contributed by atoms with E-state index in [-0.39, 0.29) is 5.91 Å². The fourth-order valence-corrected chi connectivity index (χ4v) is 3.17. The van der Waals surface area contributed by atoms with Crippen molar-refractivity contribution in [3.05, 3.63) is 22.4 Å². The summed E-state index contributed by atoms with van der Waals surface area (Å²) in [6, 6.07) is 3.65. The van der Waals surface area contributed by atoms with Crippen LogP contribution in [0.5, 0.6) is 0 Å². The molecule has 0 radical (unpaired) electrons. The Balaban J connectivity index is 1.84. The lowest BCUT2D eigenvalue weighted by Gasteiger charge is -2.28. The Kier molecular flexibility index (Phi) is 5.45. The van der Waals surface area contributed by atoms with Crippen LogP contribution in [0.15, 0.2) is 17.5 Å². The maximum absolute atomic E-state index is 12.3. The summed E-state index contributed by atoms with van der Waals surface area (Å²) < 4.78 is 5.37. The molecule has 1 fully saturated rings. The zero-order valence-corrected chi connectivity index (χ0v) is 14.2. The van der Waals surface area contributed by atoms with Gasteiger partial charge in [0.1, 0.15) is 11.6 Å². The molecule has 0 aromatic carbocycles. The third kappa shape index (κ3) is 4.73. The van der Waals surface area contributed by atoms with Crippen molar-refractivity contribution < 1.29 is 14.3 Å². The summed E-state index contributed by atoms with van der Waals surface area (Å²) in [5, 5.41) is 4.96. The van der Waals surface area contributed by atoms with Crippen molar-refractivity contribution in [2.24, 2.45) is 0 Å². The molecule has 0 aliphatic carbocycles. The number of nitrogens with zero attached hydrogens (tertiary/aromatic N) is 1. The normalized spacial score (nSPS) is 18.3. The summed E-state index contributed by atoms with van der Waals surface area (Å²) >= 11 is 1.68. The number of hydrogen-bond donors (Lipinski definition) is 1. The van der Waals surface area contributed by atoms with Crippen molar-refractivity contribution in [3.8, 4) is 0 Å². The van der Waals surface area contributed by atoms with Gasteiger partial charge in [-0.05, 0) is 51.5 Å². The lowest BCUT2D eigenvalue weighted by atomic mass is 10.2. The molecule has 6 heteroatoms. The predicted molar refractivity (Wildman–Crippen MR) is 87.0 cm³/mol. The SMILES string of the molecule is CC(C)(C)OC(=O)N1CCCC1C(=O)NCCc1cccs1. The smallest absolute Gasteiger partial charge is 0.410 e. The molecule has 1 saturated heterocycles. The molecule has 2 rings (SSSR count). The van der Waals surface area contributed by atoms with Crippen LogP contribution >= 0.6 is 11.3 Å². The predicted octanol–water partition coefficient (Wildman–Crippen LogP) is 2.81. The number of thiophene rings is 1. The average Bonchev–Trinajstić information content (AvgIpc) is 3.07. The summed E-state index contributed by atoms with van der Waals surface area (Å²) in [4.78, 5) is 27.3. The lowest BCUT2D eigenvalue weighted by Crippen LogP contribution is -2.47. The second-order valence-electron chi connectivity index (χ2n) is 6.45. The largest absolute Gasteiger partial charge is 0.444 e. The second-order valence-corrected chi connectivity index (χ2v) is 7.48. The van der Waals surface area contributed by atoms with Gasteiger partial charge in [0.15, 0.2) is 0 Å². The van der Waals surface area contributed by atoms with Gasteiger partial charge in [-0.2, -0.15) is 0 Å². The Morgan fingerprint density at radius 1 is 1.45 bits per heavy atom. The summed E-state index contributed by atoms with van der Waals surface area (Å²) in [7, 11) is 0. The topological polar surface area (TPSA) is 58.6 Å². The monoisotopic (exact) mass is 324 g/mol. The number of ether oxygens (including phenoxy) is 1. The van der Waals surface area contributed by atoms with Crippen LogP contribution in [-0.4, -0.2) is 41.6 Å². The first kappa shape index (κ1) is 16.8. The first-order valence-electron chi connectivity index (χ1n) is 7.66. The highest BCUT2D eigenvalue weighted by atomic mass is 32.1. The Morgan fingerprint density at radius 2 is 2.23 bits per heavy atom. The second kappa shape index (κ2) is 7.13. The molecule has 1 atom stereocenters. The number of rotatable bonds is 4. The minimum Gasteiger partial charge on any atom is -0.444 e. The molecular weight excluding hydrogens is 300 g/mol. The lowest BCUT2D eigenvalue weighted by molar-refractivity contribution is -0.125. The van der Waals surface area contributed by atoms with E-state index in [1.165, 1.54) is 4.88 Å². The van der Waals surface area contributed by atoms with Crippen LogP contribution in [0.4, 0.5) is 4.79 Å².